The standard InChI is InChI=1S/C20H25NO3/c1-23-20-12-17(13-21-11-5-8-18(22)14-21)9-10-19(20)24-15-16-6-3-2-4-7-16/h2-4,6-7,9-10,12,18,22H,5,8,11,13-15H2,1H3/t18-/m1/s1. The Kier molecular flexibility index (Phi) is 5.72. The molecule has 24 heavy (non-hydrogen) atoms. The number of nitrogens with zero attached hydrogens (tertiary/aromatic N) is 1. The highest BCUT2D eigenvalue weighted by molar-refractivity contribution is 5.43. The number of rotatable bonds is 6. The minimum atomic E-state index is -0.200. The largest absolute Gasteiger partial charge is 0.493 e. The van der Waals surface area contributed by atoms with Crippen molar-refractivity contribution in [3.63, 3.8) is 0 Å². The molecule has 0 bridgehead atoms. The molecular weight excluding hydrogens is 302 g/mol. The Morgan fingerprint density at radius 1 is 1.08 bits per heavy atom. The van der Waals surface area contributed by atoms with Crippen LogP contribution < -0.4 is 9.47 Å². The van der Waals surface area contributed by atoms with Gasteiger partial charge in [0, 0.05) is 13.1 Å². The number of benzene rings is 2. The molecule has 1 heterocycles. The highest BCUT2D eigenvalue weighted by atomic mass is 16.5. The van der Waals surface area contributed by atoms with Gasteiger partial charge in [-0.05, 0) is 42.6 Å². The zero-order valence-electron chi connectivity index (χ0n) is 14.1. The van der Waals surface area contributed by atoms with Crippen LogP contribution in [0, 0.1) is 0 Å². The Labute approximate surface area is 143 Å². The van der Waals surface area contributed by atoms with Crippen LogP contribution in [0.25, 0.3) is 0 Å². The molecule has 1 atom stereocenters. The van der Waals surface area contributed by atoms with E-state index in [0.29, 0.717) is 6.61 Å². The SMILES string of the molecule is COc1cc(CN2CCC[C@@H](O)C2)ccc1OCc1ccccc1. The van der Waals surface area contributed by atoms with E-state index in [4.69, 9.17) is 9.47 Å². The van der Waals surface area contributed by atoms with Gasteiger partial charge < -0.3 is 14.6 Å². The molecule has 1 aliphatic rings. The van der Waals surface area contributed by atoms with Gasteiger partial charge in [0.2, 0.25) is 0 Å². The van der Waals surface area contributed by atoms with Crippen LogP contribution in [0.1, 0.15) is 24.0 Å². The van der Waals surface area contributed by atoms with Crippen LogP contribution in [0.3, 0.4) is 0 Å². The van der Waals surface area contributed by atoms with Crippen LogP contribution in [0.2, 0.25) is 0 Å². The van der Waals surface area contributed by atoms with E-state index in [9.17, 15) is 5.11 Å². The molecule has 2 aromatic carbocycles. The van der Waals surface area contributed by atoms with Crippen molar-refractivity contribution in [2.75, 3.05) is 20.2 Å². The Morgan fingerprint density at radius 3 is 2.67 bits per heavy atom. The summed E-state index contributed by atoms with van der Waals surface area (Å²) >= 11 is 0. The van der Waals surface area contributed by atoms with Crippen molar-refractivity contribution >= 4 is 0 Å². The maximum absolute atomic E-state index is 9.79. The third-order valence-electron chi connectivity index (χ3n) is 4.35. The van der Waals surface area contributed by atoms with Gasteiger partial charge in [0.15, 0.2) is 11.5 Å². The van der Waals surface area contributed by atoms with E-state index < -0.39 is 0 Å². The Hall–Kier alpha value is -2.04. The van der Waals surface area contributed by atoms with Crippen LogP contribution in [0.4, 0.5) is 0 Å². The quantitative estimate of drug-likeness (QED) is 0.884. The van der Waals surface area contributed by atoms with Gasteiger partial charge in [-0.3, -0.25) is 4.90 Å². The average Bonchev–Trinajstić information content (AvgIpc) is 2.61. The van der Waals surface area contributed by atoms with Crippen molar-refractivity contribution in [1.29, 1.82) is 0 Å². The second-order valence-corrected chi connectivity index (χ2v) is 6.29. The second-order valence-electron chi connectivity index (χ2n) is 6.29. The minimum Gasteiger partial charge on any atom is -0.493 e. The fourth-order valence-corrected chi connectivity index (χ4v) is 3.10. The molecule has 0 amide bonds. The number of aliphatic hydroxyl groups excluding tert-OH is 1. The Bertz CT molecular complexity index is 645. The molecule has 0 radical (unpaired) electrons. The van der Waals surface area contributed by atoms with E-state index in [0.717, 1.165) is 49.5 Å². The van der Waals surface area contributed by atoms with Crippen molar-refractivity contribution in [3.05, 3.63) is 59.7 Å². The summed E-state index contributed by atoms with van der Waals surface area (Å²) in [6.45, 7) is 3.13. The lowest BCUT2D eigenvalue weighted by molar-refractivity contribution is 0.0668. The first-order valence-electron chi connectivity index (χ1n) is 8.48. The van der Waals surface area contributed by atoms with Gasteiger partial charge in [-0.1, -0.05) is 36.4 Å². The molecule has 1 N–H and O–H groups in total. The number of ether oxygens (including phenoxy) is 2. The molecule has 0 aliphatic carbocycles. The number of likely N-dealkylation sites (tertiary alicyclic amines) is 1. The first-order chi connectivity index (χ1) is 11.7. The molecule has 4 heteroatoms. The van der Waals surface area contributed by atoms with E-state index in [2.05, 4.69) is 11.0 Å². The zero-order chi connectivity index (χ0) is 16.8. The lowest BCUT2D eigenvalue weighted by Crippen LogP contribution is -2.37. The fraction of sp³-hybridized carbons (Fsp3) is 0.400. The Morgan fingerprint density at radius 2 is 1.92 bits per heavy atom. The van der Waals surface area contributed by atoms with E-state index >= 15 is 0 Å². The summed E-state index contributed by atoms with van der Waals surface area (Å²) in [7, 11) is 1.67. The molecule has 3 rings (SSSR count). The van der Waals surface area contributed by atoms with Crippen molar-refractivity contribution < 1.29 is 14.6 Å². The van der Waals surface area contributed by atoms with Gasteiger partial charge in [0.05, 0.1) is 13.2 Å². The summed E-state index contributed by atoms with van der Waals surface area (Å²) in [5, 5.41) is 9.79. The molecular formula is C20H25NO3. The van der Waals surface area contributed by atoms with Gasteiger partial charge >= 0.3 is 0 Å². The van der Waals surface area contributed by atoms with Crippen LogP contribution in [-0.4, -0.2) is 36.3 Å². The summed E-state index contributed by atoms with van der Waals surface area (Å²) in [5.74, 6) is 1.50. The average molecular weight is 327 g/mol. The maximum atomic E-state index is 9.79. The number of methoxy groups -OCH3 is 1. The molecule has 2 aromatic rings. The van der Waals surface area contributed by atoms with Crippen molar-refractivity contribution in [2.24, 2.45) is 0 Å². The third-order valence-corrected chi connectivity index (χ3v) is 4.35. The van der Waals surface area contributed by atoms with Gasteiger partial charge in [-0.15, -0.1) is 0 Å². The minimum absolute atomic E-state index is 0.200. The zero-order valence-corrected chi connectivity index (χ0v) is 14.1. The van der Waals surface area contributed by atoms with Gasteiger partial charge in [-0.25, -0.2) is 0 Å². The summed E-state index contributed by atoms with van der Waals surface area (Å²) in [6.07, 6.45) is 1.76. The summed E-state index contributed by atoms with van der Waals surface area (Å²) in [4.78, 5) is 2.29. The van der Waals surface area contributed by atoms with E-state index in [-0.39, 0.29) is 6.10 Å². The number of hydrogen-bond acceptors (Lipinski definition) is 4. The Balaban J connectivity index is 1.64. The van der Waals surface area contributed by atoms with Crippen molar-refractivity contribution in [1.82, 2.24) is 4.90 Å². The van der Waals surface area contributed by atoms with E-state index in [1.807, 2.05) is 42.5 Å². The monoisotopic (exact) mass is 327 g/mol. The number of piperidine rings is 1. The summed E-state index contributed by atoms with van der Waals surface area (Å²) in [6, 6.07) is 16.2. The fourth-order valence-electron chi connectivity index (χ4n) is 3.10. The third kappa shape index (κ3) is 4.49. The van der Waals surface area contributed by atoms with Crippen LogP contribution in [-0.2, 0) is 13.2 Å². The van der Waals surface area contributed by atoms with E-state index in [1.165, 1.54) is 5.56 Å². The van der Waals surface area contributed by atoms with Crippen LogP contribution in [0.15, 0.2) is 48.5 Å². The van der Waals surface area contributed by atoms with Gasteiger partial charge in [-0.2, -0.15) is 0 Å². The topological polar surface area (TPSA) is 41.9 Å². The predicted molar refractivity (Wildman–Crippen MR) is 94.3 cm³/mol. The van der Waals surface area contributed by atoms with Crippen LogP contribution in [0.5, 0.6) is 11.5 Å². The molecule has 128 valence electrons. The van der Waals surface area contributed by atoms with Gasteiger partial charge in [0.25, 0.3) is 0 Å². The molecule has 0 unspecified atom stereocenters. The lowest BCUT2D eigenvalue weighted by Gasteiger charge is -2.30. The molecule has 0 aromatic heterocycles. The highest BCUT2D eigenvalue weighted by Crippen LogP contribution is 2.29. The number of aliphatic hydroxyl groups is 1. The normalized spacial score (nSPS) is 18.3. The molecule has 0 spiro atoms. The molecule has 1 saturated heterocycles. The van der Waals surface area contributed by atoms with Gasteiger partial charge in [0.1, 0.15) is 6.61 Å². The van der Waals surface area contributed by atoms with E-state index in [1.54, 1.807) is 7.11 Å². The first kappa shape index (κ1) is 16.8. The molecule has 1 fully saturated rings. The summed E-state index contributed by atoms with van der Waals surface area (Å²) in [5.41, 5.74) is 2.30. The summed E-state index contributed by atoms with van der Waals surface area (Å²) < 4.78 is 11.4. The highest BCUT2D eigenvalue weighted by Gasteiger charge is 2.18. The smallest absolute Gasteiger partial charge is 0.161 e. The number of hydrogen-bond donors (Lipinski definition) is 1. The predicted octanol–water partition coefficient (Wildman–Crippen LogP) is 3.23. The maximum Gasteiger partial charge on any atom is 0.161 e. The molecule has 4 nitrogen and oxygen atoms in total. The van der Waals surface area contributed by atoms with Crippen LogP contribution >= 0.6 is 0 Å². The molecule has 1 aliphatic heterocycles. The second kappa shape index (κ2) is 8.18. The van der Waals surface area contributed by atoms with Crippen molar-refractivity contribution in [2.45, 2.75) is 32.1 Å². The van der Waals surface area contributed by atoms with Crippen molar-refractivity contribution in [3.8, 4) is 11.5 Å². The molecule has 0 saturated carbocycles. The number of β-amino-alcohol motifs (C(OH)–C–C–N with tert-alkyl or cyclic N) is 1. The first-order valence-corrected chi connectivity index (χ1v) is 8.48. The lowest BCUT2D eigenvalue weighted by atomic mass is 10.1.